The lowest BCUT2D eigenvalue weighted by molar-refractivity contribution is 0.123. The van der Waals surface area contributed by atoms with Gasteiger partial charge in [0.1, 0.15) is 35.9 Å². The molecule has 0 aliphatic heterocycles. The van der Waals surface area contributed by atoms with E-state index in [9.17, 15) is 9.90 Å². The maximum absolute atomic E-state index is 10.6. The summed E-state index contributed by atoms with van der Waals surface area (Å²) in [7, 11) is 0. The lowest BCUT2D eigenvalue weighted by Crippen LogP contribution is -2.35. The third-order valence-electron chi connectivity index (χ3n) is 3.68. The molecular formula is C19H21N3O6. The average Bonchev–Trinajstić information content (AvgIpc) is 3.08. The molecule has 0 bridgehead atoms. The molecule has 0 aliphatic rings. The number of pyridine rings is 1. The van der Waals surface area contributed by atoms with Crippen LogP contribution in [-0.2, 0) is 0 Å². The summed E-state index contributed by atoms with van der Waals surface area (Å²) in [6.07, 6.45) is -0.136. The molecule has 2 aromatic heterocycles. The van der Waals surface area contributed by atoms with Crippen molar-refractivity contribution in [2.75, 3.05) is 13.2 Å². The number of hydrogen-bond acceptors (Lipinski definition) is 7. The Morgan fingerprint density at radius 2 is 1.93 bits per heavy atom. The normalized spacial score (nSPS) is 13.1. The Kier molecular flexibility index (Phi) is 5.95. The number of aliphatic hydroxyl groups is 1. The van der Waals surface area contributed by atoms with Crippen LogP contribution in [0.2, 0.25) is 0 Å². The fourth-order valence-corrected chi connectivity index (χ4v) is 2.39. The summed E-state index contributed by atoms with van der Waals surface area (Å²) in [4.78, 5) is 19.3. The summed E-state index contributed by atoms with van der Waals surface area (Å²) in [5, 5.41) is 20.3. The van der Waals surface area contributed by atoms with Crippen LogP contribution in [0.4, 0.5) is 4.79 Å². The Balaban J connectivity index is 1.67. The highest BCUT2D eigenvalue weighted by molar-refractivity contribution is 5.77. The number of rotatable bonds is 8. The van der Waals surface area contributed by atoms with Crippen LogP contribution < -0.4 is 14.8 Å². The standard InChI is InChI=1S/C19H21N3O6/c1-11(21-19(24)25)9-26-14-4-6-16(20-8-14)18-22-15-5-3-13(7-17(15)28-18)27-10-12(2)23/h3-8,11-12,21,23H,9-10H2,1-2H3,(H,24,25)/t11-,12?/m0/s1. The molecule has 3 aromatic rings. The van der Waals surface area contributed by atoms with E-state index in [0.29, 0.717) is 34.2 Å². The Bertz CT molecular complexity index is 938. The number of amides is 1. The third-order valence-corrected chi connectivity index (χ3v) is 3.68. The molecule has 1 amide bonds. The number of aromatic nitrogens is 2. The first-order valence-electron chi connectivity index (χ1n) is 8.71. The second-order valence-electron chi connectivity index (χ2n) is 6.35. The molecule has 0 saturated heterocycles. The van der Waals surface area contributed by atoms with Crippen molar-refractivity contribution in [1.82, 2.24) is 15.3 Å². The molecule has 3 rings (SSSR count). The third kappa shape index (κ3) is 5.10. The second kappa shape index (κ2) is 8.57. The minimum atomic E-state index is -1.10. The van der Waals surface area contributed by atoms with E-state index in [1.807, 2.05) is 0 Å². The van der Waals surface area contributed by atoms with Crippen LogP contribution in [0.25, 0.3) is 22.7 Å². The van der Waals surface area contributed by atoms with E-state index in [0.717, 1.165) is 0 Å². The lowest BCUT2D eigenvalue weighted by Gasteiger charge is -2.12. The number of aliphatic hydroxyl groups excluding tert-OH is 1. The van der Waals surface area contributed by atoms with Gasteiger partial charge in [0, 0.05) is 6.07 Å². The number of carbonyl (C=O) groups is 1. The summed E-state index contributed by atoms with van der Waals surface area (Å²) in [6, 6.07) is 8.31. The summed E-state index contributed by atoms with van der Waals surface area (Å²) < 4.78 is 16.7. The number of benzene rings is 1. The highest BCUT2D eigenvalue weighted by Crippen LogP contribution is 2.27. The van der Waals surface area contributed by atoms with E-state index < -0.39 is 12.2 Å². The van der Waals surface area contributed by atoms with E-state index in [1.54, 1.807) is 44.2 Å². The van der Waals surface area contributed by atoms with Crippen LogP contribution in [0.3, 0.4) is 0 Å². The van der Waals surface area contributed by atoms with Crippen molar-refractivity contribution in [3.05, 3.63) is 36.5 Å². The van der Waals surface area contributed by atoms with E-state index in [4.69, 9.17) is 19.0 Å². The molecule has 3 N–H and O–H groups in total. The van der Waals surface area contributed by atoms with Gasteiger partial charge < -0.3 is 29.4 Å². The van der Waals surface area contributed by atoms with Crippen molar-refractivity contribution < 1.29 is 28.9 Å². The van der Waals surface area contributed by atoms with Gasteiger partial charge in [-0.15, -0.1) is 0 Å². The van der Waals surface area contributed by atoms with Crippen LogP contribution in [0.5, 0.6) is 11.5 Å². The second-order valence-corrected chi connectivity index (χ2v) is 6.35. The van der Waals surface area contributed by atoms with Crippen molar-refractivity contribution >= 4 is 17.2 Å². The summed E-state index contributed by atoms with van der Waals surface area (Å²) in [5.41, 5.74) is 1.75. The first-order valence-corrected chi connectivity index (χ1v) is 8.71. The van der Waals surface area contributed by atoms with E-state index in [2.05, 4.69) is 15.3 Å². The van der Waals surface area contributed by atoms with Crippen molar-refractivity contribution in [2.24, 2.45) is 0 Å². The maximum Gasteiger partial charge on any atom is 0.404 e. The van der Waals surface area contributed by atoms with Crippen molar-refractivity contribution in [2.45, 2.75) is 26.0 Å². The van der Waals surface area contributed by atoms with E-state index >= 15 is 0 Å². The number of nitrogens with zero attached hydrogens (tertiary/aromatic N) is 2. The quantitative estimate of drug-likeness (QED) is 0.538. The predicted molar refractivity (Wildman–Crippen MR) is 101 cm³/mol. The van der Waals surface area contributed by atoms with Crippen LogP contribution in [0, 0.1) is 0 Å². The number of fused-ring (bicyclic) bond motifs is 1. The Labute approximate surface area is 160 Å². The molecule has 1 aromatic carbocycles. The van der Waals surface area contributed by atoms with Gasteiger partial charge >= 0.3 is 6.09 Å². The molecule has 28 heavy (non-hydrogen) atoms. The number of hydrogen-bond donors (Lipinski definition) is 3. The van der Waals surface area contributed by atoms with Gasteiger partial charge in [-0.25, -0.2) is 14.8 Å². The molecule has 148 valence electrons. The summed E-state index contributed by atoms with van der Waals surface area (Å²) in [6.45, 7) is 3.72. The van der Waals surface area contributed by atoms with Gasteiger partial charge in [-0.1, -0.05) is 0 Å². The monoisotopic (exact) mass is 387 g/mol. The van der Waals surface area contributed by atoms with Gasteiger partial charge in [0.15, 0.2) is 5.58 Å². The molecule has 9 nitrogen and oxygen atoms in total. The first kappa shape index (κ1) is 19.4. The van der Waals surface area contributed by atoms with Gasteiger partial charge in [0.05, 0.1) is 18.3 Å². The largest absolute Gasteiger partial charge is 0.491 e. The van der Waals surface area contributed by atoms with Crippen LogP contribution in [-0.4, -0.2) is 51.6 Å². The van der Waals surface area contributed by atoms with Gasteiger partial charge in [-0.05, 0) is 38.1 Å². The Hall–Kier alpha value is -3.33. The highest BCUT2D eigenvalue weighted by atomic mass is 16.5. The first-order chi connectivity index (χ1) is 13.4. The zero-order chi connectivity index (χ0) is 20.1. The highest BCUT2D eigenvalue weighted by Gasteiger charge is 2.12. The zero-order valence-electron chi connectivity index (χ0n) is 15.5. The fourth-order valence-electron chi connectivity index (χ4n) is 2.39. The molecule has 9 heteroatoms. The predicted octanol–water partition coefficient (Wildman–Crippen LogP) is 2.68. The maximum atomic E-state index is 10.6. The smallest absolute Gasteiger partial charge is 0.404 e. The molecular weight excluding hydrogens is 366 g/mol. The molecule has 0 fully saturated rings. The van der Waals surface area contributed by atoms with Crippen LogP contribution in [0.15, 0.2) is 40.9 Å². The van der Waals surface area contributed by atoms with E-state index in [1.165, 1.54) is 6.20 Å². The van der Waals surface area contributed by atoms with Crippen LogP contribution in [0.1, 0.15) is 13.8 Å². The molecule has 1 unspecified atom stereocenters. The van der Waals surface area contributed by atoms with E-state index in [-0.39, 0.29) is 19.3 Å². The Morgan fingerprint density at radius 1 is 1.18 bits per heavy atom. The van der Waals surface area contributed by atoms with Gasteiger partial charge in [0.25, 0.3) is 0 Å². The molecule has 0 spiro atoms. The molecule has 0 saturated carbocycles. The number of nitrogens with one attached hydrogen (secondary N) is 1. The summed E-state index contributed by atoms with van der Waals surface area (Å²) in [5.74, 6) is 1.44. The SMILES string of the molecule is CC(O)COc1ccc2nc(-c3ccc(OC[C@H](C)NC(=O)O)cn3)oc2c1. The molecule has 2 atom stereocenters. The topological polar surface area (TPSA) is 127 Å². The van der Waals surface area contributed by atoms with Gasteiger partial charge in [-0.3, -0.25) is 0 Å². The van der Waals surface area contributed by atoms with Crippen molar-refractivity contribution in [1.29, 1.82) is 0 Å². The Morgan fingerprint density at radius 3 is 2.61 bits per heavy atom. The van der Waals surface area contributed by atoms with Crippen molar-refractivity contribution in [3.63, 3.8) is 0 Å². The van der Waals surface area contributed by atoms with Gasteiger partial charge in [-0.2, -0.15) is 0 Å². The zero-order valence-corrected chi connectivity index (χ0v) is 15.5. The van der Waals surface area contributed by atoms with Crippen molar-refractivity contribution in [3.8, 4) is 23.1 Å². The molecule has 2 heterocycles. The minimum absolute atomic E-state index is 0.186. The average molecular weight is 387 g/mol. The van der Waals surface area contributed by atoms with Gasteiger partial charge in [0.2, 0.25) is 5.89 Å². The molecule has 0 aliphatic carbocycles. The summed E-state index contributed by atoms with van der Waals surface area (Å²) >= 11 is 0. The number of ether oxygens (including phenoxy) is 2. The number of carboxylic acid groups (broad SMARTS) is 1. The minimum Gasteiger partial charge on any atom is -0.491 e. The fraction of sp³-hybridized carbons (Fsp3) is 0.316. The molecule has 0 radical (unpaired) electrons. The van der Waals surface area contributed by atoms with Crippen LogP contribution >= 0.6 is 0 Å². The lowest BCUT2D eigenvalue weighted by atomic mass is 10.3. The number of oxazole rings is 1.